The molecule has 3 rings (SSSR count). The minimum Gasteiger partial charge on any atom is -0.392 e. The molecule has 0 amide bonds. The number of nitrogens with zero attached hydrogens (tertiary/aromatic N) is 1. The Morgan fingerprint density at radius 1 is 1.00 bits per heavy atom. The van der Waals surface area contributed by atoms with Crippen LogP contribution in [0.15, 0.2) is 47.4 Å². The maximum absolute atomic E-state index is 13.8. The SMILES string of the molecule is CCCCC1(CCCC)CS(=O)(=O)c2ccc(N(C)C)cc2[C@@H](c2ccc(C)cc2)[C@H]1O. The van der Waals surface area contributed by atoms with Gasteiger partial charge in [0.05, 0.1) is 16.8 Å². The molecule has 1 aliphatic rings. The lowest BCUT2D eigenvalue weighted by Crippen LogP contribution is -2.43. The van der Waals surface area contributed by atoms with E-state index >= 15 is 0 Å². The Morgan fingerprint density at radius 2 is 1.59 bits per heavy atom. The van der Waals surface area contributed by atoms with Gasteiger partial charge in [-0.1, -0.05) is 69.4 Å². The van der Waals surface area contributed by atoms with Crippen molar-refractivity contribution in [3.63, 3.8) is 0 Å². The molecular weight excluding hydrogens is 418 g/mol. The van der Waals surface area contributed by atoms with Gasteiger partial charge in [-0.15, -0.1) is 0 Å². The second-order valence-corrected chi connectivity index (χ2v) is 11.7. The van der Waals surface area contributed by atoms with E-state index in [9.17, 15) is 13.5 Å². The van der Waals surface area contributed by atoms with Gasteiger partial charge in [-0.05, 0) is 49.1 Å². The van der Waals surface area contributed by atoms with Crippen LogP contribution in [0.1, 0.15) is 75.0 Å². The van der Waals surface area contributed by atoms with Crippen LogP contribution in [0.2, 0.25) is 0 Å². The Morgan fingerprint density at radius 3 is 2.12 bits per heavy atom. The Kier molecular flexibility index (Phi) is 7.72. The average Bonchev–Trinajstić information content (AvgIpc) is 2.83. The molecule has 1 N–H and O–H groups in total. The molecule has 176 valence electrons. The van der Waals surface area contributed by atoms with Gasteiger partial charge in [0.1, 0.15) is 0 Å². The summed E-state index contributed by atoms with van der Waals surface area (Å²) in [6, 6.07) is 13.8. The minimum atomic E-state index is -3.55. The molecule has 0 radical (unpaired) electrons. The van der Waals surface area contributed by atoms with Gasteiger partial charge in [-0.25, -0.2) is 8.42 Å². The zero-order chi connectivity index (χ0) is 23.5. The van der Waals surface area contributed by atoms with Crippen LogP contribution in [0.4, 0.5) is 5.69 Å². The first-order chi connectivity index (χ1) is 15.1. The summed E-state index contributed by atoms with van der Waals surface area (Å²) < 4.78 is 27.5. The Hall–Kier alpha value is -1.85. The molecule has 0 aliphatic carbocycles. The van der Waals surface area contributed by atoms with Crippen LogP contribution < -0.4 is 4.90 Å². The van der Waals surface area contributed by atoms with E-state index in [4.69, 9.17) is 0 Å². The normalized spacial score (nSPS) is 21.6. The van der Waals surface area contributed by atoms with Gasteiger partial charge in [0.2, 0.25) is 0 Å². The highest BCUT2D eigenvalue weighted by molar-refractivity contribution is 7.91. The molecule has 0 saturated heterocycles. The first-order valence-electron chi connectivity index (χ1n) is 11.9. The molecule has 5 heteroatoms. The third kappa shape index (κ3) is 4.89. The van der Waals surface area contributed by atoms with E-state index in [1.54, 1.807) is 6.07 Å². The van der Waals surface area contributed by atoms with E-state index in [-0.39, 0.29) is 11.7 Å². The molecule has 0 spiro atoms. The Bertz CT molecular complexity index is 1000. The van der Waals surface area contributed by atoms with E-state index in [0.717, 1.165) is 60.9 Å². The van der Waals surface area contributed by atoms with Crippen molar-refractivity contribution in [1.82, 2.24) is 0 Å². The summed E-state index contributed by atoms with van der Waals surface area (Å²) in [5.41, 5.74) is 3.14. The van der Waals surface area contributed by atoms with Crippen molar-refractivity contribution in [2.24, 2.45) is 5.41 Å². The highest BCUT2D eigenvalue weighted by Crippen LogP contribution is 2.50. The molecule has 2 atom stereocenters. The van der Waals surface area contributed by atoms with Gasteiger partial charge in [0.25, 0.3) is 0 Å². The number of hydrogen-bond donors (Lipinski definition) is 1. The monoisotopic (exact) mass is 457 g/mol. The van der Waals surface area contributed by atoms with E-state index in [1.165, 1.54) is 0 Å². The van der Waals surface area contributed by atoms with Crippen LogP contribution in [0.25, 0.3) is 0 Å². The van der Waals surface area contributed by atoms with Crippen LogP contribution >= 0.6 is 0 Å². The fourth-order valence-corrected chi connectivity index (χ4v) is 7.36. The second kappa shape index (κ2) is 9.96. The van der Waals surface area contributed by atoms with E-state index in [2.05, 4.69) is 38.1 Å². The second-order valence-electron chi connectivity index (χ2n) is 9.78. The maximum atomic E-state index is 13.8. The lowest BCUT2D eigenvalue weighted by molar-refractivity contribution is 0.0127. The number of sulfone groups is 1. The number of anilines is 1. The number of aryl methyl sites for hydroxylation is 1. The molecule has 1 aliphatic heterocycles. The van der Waals surface area contributed by atoms with Gasteiger partial charge in [0.15, 0.2) is 9.84 Å². The van der Waals surface area contributed by atoms with Gasteiger partial charge in [0, 0.05) is 31.1 Å². The number of fused-ring (bicyclic) bond motifs is 1. The molecule has 2 aromatic carbocycles. The smallest absolute Gasteiger partial charge is 0.179 e. The first-order valence-corrected chi connectivity index (χ1v) is 13.6. The van der Waals surface area contributed by atoms with Crippen molar-refractivity contribution in [3.8, 4) is 0 Å². The standard InChI is InChI=1S/C27H39NO3S/c1-6-8-16-27(17-9-7-2)19-32(30,31)24-15-14-22(28(4)5)18-23(24)25(26(27)29)21-12-10-20(3)11-13-21/h10-15,18,25-26,29H,6-9,16-17,19H2,1-5H3/t25-,26-/m1/s1. The Labute approximate surface area is 194 Å². The fourth-order valence-electron chi connectivity index (χ4n) is 5.16. The van der Waals surface area contributed by atoms with E-state index in [1.807, 2.05) is 38.1 Å². The van der Waals surface area contributed by atoms with Crippen LogP contribution in [0, 0.1) is 12.3 Å². The number of aliphatic hydroxyl groups is 1. The lowest BCUT2D eigenvalue weighted by atomic mass is 9.68. The molecule has 32 heavy (non-hydrogen) atoms. The number of benzene rings is 2. The fraction of sp³-hybridized carbons (Fsp3) is 0.556. The van der Waals surface area contributed by atoms with Crippen LogP contribution in [-0.2, 0) is 9.84 Å². The highest BCUT2D eigenvalue weighted by Gasteiger charge is 2.49. The molecule has 4 nitrogen and oxygen atoms in total. The lowest BCUT2D eigenvalue weighted by Gasteiger charge is -2.40. The minimum absolute atomic E-state index is 0.0117. The van der Waals surface area contributed by atoms with Crippen molar-refractivity contribution in [1.29, 1.82) is 0 Å². The summed E-state index contributed by atoms with van der Waals surface area (Å²) in [6.45, 7) is 6.30. The van der Waals surface area contributed by atoms with Gasteiger partial charge < -0.3 is 10.0 Å². The summed E-state index contributed by atoms with van der Waals surface area (Å²) in [5.74, 6) is -0.367. The highest BCUT2D eigenvalue weighted by atomic mass is 32.2. The van der Waals surface area contributed by atoms with Crippen molar-refractivity contribution < 1.29 is 13.5 Å². The number of unbranched alkanes of at least 4 members (excludes halogenated alkanes) is 2. The van der Waals surface area contributed by atoms with Crippen LogP contribution in [-0.4, -0.2) is 39.5 Å². The number of aliphatic hydroxyl groups excluding tert-OH is 1. The van der Waals surface area contributed by atoms with E-state index < -0.39 is 21.4 Å². The number of rotatable bonds is 8. The van der Waals surface area contributed by atoms with Gasteiger partial charge in [-0.3, -0.25) is 0 Å². The molecule has 2 aromatic rings. The van der Waals surface area contributed by atoms with Crippen molar-refractivity contribution in [3.05, 3.63) is 59.2 Å². The summed E-state index contributed by atoms with van der Waals surface area (Å²) in [4.78, 5) is 2.36. The molecule has 0 saturated carbocycles. The zero-order valence-electron chi connectivity index (χ0n) is 20.3. The molecular formula is C27H39NO3S. The van der Waals surface area contributed by atoms with Crippen molar-refractivity contribution >= 4 is 15.5 Å². The predicted octanol–water partition coefficient (Wildman–Crippen LogP) is 5.71. The molecule has 1 heterocycles. The van der Waals surface area contributed by atoms with Gasteiger partial charge >= 0.3 is 0 Å². The predicted molar refractivity (Wildman–Crippen MR) is 133 cm³/mol. The molecule has 0 aromatic heterocycles. The molecule has 0 fully saturated rings. The number of hydrogen-bond acceptors (Lipinski definition) is 4. The summed E-state index contributed by atoms with van der Waals surface area (Å²) in [5, 5.41) is 12.1. The van der Waals surface area contributed by atoms with Crippen molar-refractivity contribution in [2.75, 3.05) is 24.7 Å². The van der Waals surface area contributed by atoms with Crippen LogP contribution in [0.5, 0.6) is 0 Å². The first kappa shape index (κ1) is 24.8. The third-order valence-corrected chi connectivity index (χ3v) is 9.09. The molecule has 0 bridgehead atoms. The largest absolute Gasteiger partial charge is 0.392 e. The summed E-state index contributed by atoms with van der Waals surface area (Å²) in [7, 11) is 0.361. The van der Waals surface area contributed by atoms with Crippen molar-refractivity contribution in [2.45, 2.75) is 76.2 Å². The zero-order valence-corrected chi connectivity index (χ0v) is 21.1. The third-order valence-electron chi connectivity index (χ3n) is 7.09. The van der Waals surface area contributed by atoms with Crippen LogP contribution in [0.3, 0.4) is 0 Å². The Balaban J connectivity index is 2.30. The summed E-state index contributed by atoms with van der Waals surface area (Å²) in [6.07, 6.45) is 4.46. The van der Waals surface area contributed by atoms with E-state index in [0.29, 0.717) is 4.90 Å². The topological polar surface area (TPSA) is 57.6 Å². The van der Waals surface area contributed by atoms with Gasteiger partial charge in [-0.2, -0.15) is 0 Å². The molecule has 0 unspecified atom stereocenters. The maximum Gasteiger partial charge on any atom is 0.179 e. The quantitative estimate of drug-likeness (QED) is 0.552. The average molecular weight is 458 g/mol. The summed E-state index contributed by atoms with van der Waals surface area (Å²) >= 11 is 0.